The Kier molecular flexibility index (Phi) is 5.00. The highest BCUT2D eigenvalue weighted by molar-refractivity contribution is 5.24. The first-order valence-electron chi connectivity index (χ1n) is 5.79. The predicted molar refractivity (Wildman–Crippen MR) is 62.9 cm³/mol. The van der Waals surface area contributed by atoms with Gasteiger partial charge in [-0.15, -0.1) is 0 Å². The van der Waals surface area contributed by atoms with Crippen molar-refractivity contribution in [1.82, 2.24) is 5.32 Å². The molecule has 1 nitrogen and oxygen atoms in total. The third-order valence-electron chi connectivity index (χ3n) is 2.65. The summed E-state index contributed by atoms with van der Waals surface area (Å²) in [6.45, 7) is 4.52. The molecule has 1 rings (SSSR count). The van der Waals surface area contributed by atoms with Gasteiger partial charge in [0, 0.05) is 12.5 Å². The van der Waals surface area contributed by atoms with Crippen molar-refractivity contribution < 1.29 is 13.2 Å². The molecule has 1 atom stereocenters. The number of benzene rings is 1. The number of hydrogen-bond acceptors (Lipinski definition) is 1. The smallest absolute Gasteiger partial charge is 0.310 e. The van der Waals surface area contributed by atoms with Gasteiger partial charge in [0.2, 0.25) is 0 Å². The third kappa shape index (κ3) is 5.22. The van der Waals surface area contributed by atoms with Gasteiger partial charge in [0.1, 0.15) is 0 Å². The third-order valence-corrected chi connectivity index (χ3v) is 2.65. The Bertz CT molecular complexity index is 330. The highest BCUT2D eigenvalue weighted by Gasteiger charge is 2.28. The fraction of sp³-hybridized carbons (Fsp3) is 0.538. The molecule has 0 saturated carbocycles. The van der Waals surface area contributed by atoms with E-state index in [2.05, 4.69) is 5.32 Å². The summed E-state index contributed by atoms with van der Waals surface area (Å²) in [5.41, 5.74) is 2.03. The summed E-state index contributed by atoms with van der Waals surface area (Å²) < 4.78 is 36.6. The molecule has 0 radical (unpaired) electrons. The van der Waals surface area contributed by atoms with Gasteiger partial charge in [0.05, 0.1) is 0 Å². The molecule has 0 aliphatic heterocycles. The Balaban J connectivity index is 2.68. The van der Waals surface area contributed by atoms with Crippen molar-refractivity contribution in [3.8, 4) is 0 Å². The maximum Gasteiger partial charge on any atom is 0.389 e. The first-order valence-corrected chi connectivity index (χ1v) is 5.79. The second kappa shape index (κ2) is 6.05. The number of hydrogen-bond donors (Lipinski definition) is 1. The van der Waals surface area contributed by atoms with E-state index in [1.807, 2.05) is 38.1 Å². The second-order valence-corrected chi connectivity index (χ2v) is 4.17. The van der Waals surface area contributed by atoms with E-state index in [1.165, 1.54) is 0 Å². The molecule has 96 valence electrons. The molecular formula is C13H18F3N. The second-order valence-electron chi connectivity index (χ2n) is 4.17. The minimum Gasteiger partial charge on any atom is -0.310 e. The van der Waals surface area contributed by atoms with Crippen molar-refractivity contribution in [1.29, 1.82) is 0 Å². The van der Waals surface area contributed by atoms with Gasteiger partial charge in [-0.05, 0) is 25.5 Å². The van der Waals surface area contributed by atoms with Gasteiger partial charge in [-0.25, -0.2) is 0 Å². The maximum atomic E-state index is 12.2. The van der Waals surface area contributed by atoms with Gasteiger partial charge >= 0.3 is 6.18 Å². The SMILES string of the molecule is CCNC(CCC(F)(F)F)c1ccc(C)cc1. The lowest BCUT2D eigenvalue weighted by molar-refractivity contribution is -0.136. The fourth-order valence-corrected chi connectivity index (χ4v) is 1.74. The molecule has 0 aliphatic carbocycles. The number of aryl methyl sites for hydroxylation is 1. The van der Waals surface area contributed by atoms with Crippen LogP contribution in [-0.2, 0) is 0 Å². The van der Waals surface area contributed by atoms with Gasteiger partial charge < -0.3 is 5.32 Å². The fourth-order valence-electron chi connectivity index (χ4n) is 1.74. The molecule has 1 aromatic rings. The minimum absolute atomic E-state index is 0.0837. The van der Waals surface area contributed by atoms with Crippen LogP contribution in [0.2, 0.25) is 0 Å². The Hall–Kier alpha value is -1.03. The predicted octanol–water partition coefficient (Wildman–Crippen LogP) is 3.99. The molecule has 0 bridgehead atoms. The van der Waals surface area contributed by atoms with Crippen molar-refractivity contribution in [2.75, 3.05) is 6.54 Å². The van der Waals surface area contributed by atoms with E-state index < -0.39 is 12.6 Å². The van der Waals surface area contributed by atoms with Crippen LogP contribution in [-0.4, -0.2) is 12.7 Å². The maximum absolute atomic E-state index is 12.2. The summed E-state index contributed by atoms with van der Waals surface area (Å²) in [6.07, 6.45) is -4.75. The quantitative estimate of drug-likeness (QED) is 0.827. The standard InChI is InChI=1S/C13H18F3N/c1-3-17-12(8-9-13(14,15)16)11-6-4-10(2)5-7-11/h4-7,12,17H,3,8-9H2,1-2H3. The molecule has 0 amide bonds. The number of alkyl halides is 3. The van der Waals surface area contributed by atoms with E-state index in [9.17, 15) is 13.2 Å². The molecule has 0 spiro atoms. The molecule has 0 saturated heterocycles. The molecule has 0 fully saturated rings. The molecule has 1 N–H and O–H groups in total. The zero-order chi connectivity index (χ0) is 12.9. The van der Waals surface area contributed by atoms with Crippen LogP contribution < -0.4 is 5.32 Å². The first kappa shape index (κ1) is 14.0. The molecule has 0 heterocycles. The summed E-state index contributed by atoms with van der Waals surface area (Å²) in [4.78, 5) is 0. The van der Waals surface area contributed by atoms with Gasteiger partial charge in [-0.1, -0.05) is 36.8 Å². The number of nitrogens with one attached hydrogen (secondary N) is 1. The lowest BCUT2D eigenvalue weighted by Crippen LogP contribution is -2.23. The summed E-state index contributed by atoms with van der Waals surface area (Å²) >= 11 is 0. The molecule has 0 aliphatic rings. The van der Waals surface area contributed by atoms with Crippen molar-refractivity contribution in [3.63, 3.8) is 0 Å². The number of rotatable bonds is 5. The molecule has 1 aromatic carbocycles. The molecule has 0 aromatic heterocycles. The van der Waals surface area contributed by atoms with Gasteiger partial charge in [-0.3, -0.25) is 0 Å². The van der Waals surface area contributed by atoms with Crippen LogP contribution in [0.15, 0.2) is 24.3 Å². The van der Waals surface area contributed by atoms with Gasteiger partial charge in [-0.2, -0.15) is 13.2 Å². The summed E-state index contributed by atoms with van der Waals surface area (Å²) in [7, 11) is 0. The average Bonchev–Trinajstić information content (AvgIpc) is 2.24. The van der Waals surface area contributed by atoms with Crippen molar-refractivity contribution >= 4 is 0 Å². The minimum atomic E-state index is -4.08. The Morgan fingerprint density at radius 1 is 1.18 bits per heavy atom. The normalized spacial score (nSPS) is 13.7. The van der Waals surface area contributed by atoms with E-state index in [1.54, 1.807) is 0 Å². The van der Waals surface area contributed by atoms with Gasteiger partial charge in [0.25, 0.3) is 0 Å². The van der Waals surface area contributed by atoms with E-state index in [0.29, 0.717) is 6.54 Å². The Labute approximate surface area is 100 Å². The van der Waals surface area contributed by atoms with E-state index in [4.69, 9.17) is 0 Å². The summed E-state index contributed by atoms with van der Waals surface area (Å²) in [5.74, 6) is 0. The van der Waals surface area contributed by atoms with Crippen LogP contribution in [0, 0.1) is 6.92 Å². The molecule has 1 unspecified atom stereocenters. The lowest BCUT2D eigenvalue weighted by Gasteiger charge is -2.19. The Morgan fingerprint density at radius 3 is 2.24 bits per heavy atom. The monoisotopic (exact) mass is 245 g/mol. The zero-order valence-corrected chi connectivity index (χ0v) is 10.1. The highest BCUT2D eigenvalue weighted by atomic mass is 19.4. The van der Waals surface area contributed by atoms with Crippen LogP contribution in [0.1, 0.15) is 36.9 Å². The van der Waals surface area contributed by atoms with Crippen LogP contribution in [0.4, 0.5) is 13.2 Å². The van der Waals surface area contributed by atoms with Crippen molar-refractivity contribution in [3.05, 3.63) is 35.4 Å². The zero-order valence-electron chi connectivity index (χ0n) is 10.1. The van der Waals surface area contributed by atoms with Crippen molar-refractivity contribution in [2.24, 2.45) is 0 Å². The van der Waals surface area contributed by atoms with Crippen LogP contribution in [0.3, 0.4) is 0 Å². The van der Waals surface area contributed by atoms with E-state index in [-0.39, 0.29) is 12.5 Å². The van der Waals surface area contributed by atoms with E-state index >= 15 is 0 Å². The molecule has 17 heavy (non-hydrogen) atoms. The van der Waals surface area contributed by atoms with E-state index in [0.717, 1.165) is 11.1 Å². The lowest BCUT2D eigenvalue weighted by atomic mass is 10.0. The summed E-state index contributed by atoms with van der Waals surface area (Å²) in [5, 5.41) is 3.09. The summed E-state index contributed by atoms with van der Waals surface area (Å²) in [6, 6.07) is 7.40. The topological polar surface area (TPSA) is 12.0 Å². The number of halogens is 3. The van der Waals surface area contributed by atoms with Gasteiger partial charge in [0.15, 0.2) is 0 Å². The van der Waals surface area contributed by atoms with Crippen LogP contribution >= 0.6 is 0 Å². The van der Waals surface area contributed by atoms with Crippen LogP contribution in [0.5, 0.6) is 0 Å². The average molecular weight is 245 g/mol. The largest absolute Gasteiger partial charge is 0.389 e. The molecule has 4 heteroatoms. The highest BCUT2D eigenvalue weighted by Crippen LogP contribution is 2.27. The van der Waals surface area contributed by atoms with Crippen LogP contribution in [0.25, 0.3) is 0 Å². The first-order chi connectivity index (χ1) is 7.92. The Morgan fingerprint density at radius 2 is 1.76 bits per heavy atom. The van der Waals surface area contributed by atoms with Crippen molar-refractivity contribution in [2.45, 2.75) is 38.9 Å². The molecular weight excluding hydrogens is 227 g/mol.